The van der Waals surface area contributed by atoms with E-state index < -0.39 is 0 Å². The molecule has 0 bridgehead atoms. The summed E-state index contributed by atoms with van der Waals surface area (Å²) >= 11 is 1.67. The number of aryl methyl sites for hydroxylation is 1. The zero-order valence-corrected chi connectivity index (χ0v) is 14.6. The molecule has 1 aromatic carbocycles. The molecule has 3 aromatic rings. The second-order valence-electron chi connectivity index (χ2n) is 5.60. The van der Waals surface area contributed by atoms with Crippen LogP contribution in [0.25, 0.3) is 10.2 Å². The predicted molar refractivity (Wildman–Crippen MR) is 98.2 cm³/mol. The molecule has 2 heterocycles. The molecule has 6 heteroatoms. The highest BCUT2D eigenvalue weighted by molar-refractivity contribution is 7.18. The lowest BCUT2D eigenvalue weighted by molar-refractivity contribution is -0.128. The maximum Gasteiger partial charge on any atom is 0.241 e. The SMILES string of the molecule is CCc1cc2c(NCC(=O)N(C)Cc3ccccc3)ncnc2s1. The number of benzene rings is 1. The van der Waals surface area contributed by atoms with E-state index in [0.29, 0.717) is 6.54 Å². The molecule has 0 spiro atoms. The van der Waals surface area contributed by atoms with Crippen molar-refractivity contribution >= 4 is 33.3 Å². The number of nitrogens with one attached hydrogen (secondary N) is 1. The number of hydrogen-bond acceptors (Lipinski definition) is 5. The van der Waals surface area contributed by atoms with Gasteiger partial charge in [-0.2, -0.15) is 0 Å². The third-order valence-electron chi connectivity index (χ3n) is 3.82. The summed E-state index contributed by atoms with van der Waals surface area (Å²) in [6, 6.07) is 12.1. The molecule has 1 N–H and O–H groups in total. The Morgan fingerprint density at radius 1 is 1.25 bits per heavy atom. The van der Waals surface area contributed by atoms with Crippen molar-refractivity contribution in [1.82, 2.24) is 14.9 Å². The van der Waals surface area contributed by atoms with E-state index in [1.54, 1.807) is 22.6 Å². The summed E-state index contributed by atoms with van der Waals surface area (Å²) in [7, 11) is 1.81. The third-order valence-corrected chi connectivity index (χ3v) is 5.01. The Balaban J connectivity index is 1.65. The number of hydrogen-bond donors (Lipinski definition) is 1. The minimum Gasteiger partial charge on any atom is -0.360 e. The van der Waals surface area contributed by atoms with Crippen molar-refractivity contribution in [2.45, 2.75) is 19.9 Å². The molecule has 0 aliphatic heterocycles. The highest BCUT2D eigenvalue weighted by Crippen LogP contribution is 2.28. The van der Waals surface area contributed by atoms with Crippen LogP contribution in [-0.4, -0.2) is 34.4 Å². The van der Waals surface area contributed by atoms with Crippen LogP contribution >= 0.6 is 11.3 Å². The number of amides is 1. The largest absolute Gasteiger partial charge is 0.360 e. The molecule has 24 heavy (non-hydrogen) atoms. The lowest BCUT2D eigenvalue weighted by Gasteiger charge is -2.17. The lowest BCUT2D eigenvalue weighted by Crippen LogP contribution is -2.31. The molecule has 0 saturated carbocycles. The summed E-state index contributed by atoms with van der Waals surface area (Å²) in [5.41, 5.74) is 1.11. The van der Waals surface area contributed by atoms with E-state index in [2.05, 4.69) is 28.3 Å². The van der Waals surface area contributed by atoms with Gasteiger partial charge in [-0.25, -0.2) is 9.97 Å². The summed E-state index contributed by atoms with van der Waals surface area (Å²) in [6.45, 7) is 2.93. The summed E-state index contributed by atoms with van der Waals surface area (Å²) in [5.74, 6) is 0.744. The third kappa shape index (κ3) is 3.71. The highest BCUT2D eigenvalue weighted by atomic mass is 32.1. The average Bonchev–Trinajstić information content (AvgIpc) is 3.04. The molecule has 3 rings (SSSR count). The molecule has 1 amide bonds. The Bertz CT molecular complexity index is 831. The Labute approximate surface area is 145 Å². The molecular weight excluding hydrogens is 320 g/mol. The van der Waals surface area contributed by atoms with Gasteiger partial charge < -0.3 is 10.2 Å². The van der Waals surface area contributed by atoms with Gasteiger partial charge in [0.25, 0.3) is 0 Å². The van der Waals surface area contributed by atoms with Crippen molar-refractivity contribution in [2.24, 2.45) is 0 Å². The molecule has 0 radical (unpaired) electrons. The predicted octanol–water partition coefficient (Wildman–Crippen LogP) is 3.32. The van der Waals surface area contributed by atoms with Crippen molar-refractivity contribution in [2.75, 3.05) is 18.9 Å². The van der Waals surface area contributed by atoms with Crippen LogP contribution in [0.1, 0.15) is 17.4 Å². The number of thiophene rings is 1. The number of nitrogens with zero attached hydrogens (tertiary/aromatic N) is 3. The first-order valence-corrected chi connectivity index (χ1v) is 8.74. The molecule has 0 aliphatic rings. The molecule has 2 aromatic heterocycles. The van der Waals surface area contributed by atoms with E-state index in [9.17, 15) is 4.79 Å². The summed E-state index contributed by atoms with van der Waals surface area (Å²) in [6.07, 6.45) is 2.51. The number of fused-ring (bicyclic) bond motifs is 1. The van der Waals surface area contributed by atoms with E-state index in [1.807, 2.05) is 37.4 Å². The van der Waals surface area contributed by atoms with Crippen molar-refractivity contribution in [3.63, 3.8) is 0 Å². The first-order valence-electron chi connectivity index (χ1n) is 7.92. The zero-order chi connectivity index (χ0) is 16.9. The van der Waals surface area contributed by atoms with Gasteiger partial charge in [-0.1, -0.05) is 37.3 Å². The molecular formula is C18H20N4OS. The van der Waals surface area contributed by atoms with Crippen LogP contribution < -0.4 is 5.32 Å². The van der Waals surface area contributed by atoms with Crippen molar-refractivity contribution in [3.8, 4) is 0 Å². The fourth-order valence-corrected chi connectivity index (χ4v) is 3.40. The van der Waals surface area contributed by atoms with Crippen LogP contribution in [0.2, 0.25) is 0 Å². The Morgan fingerprint density at radius 3 is 2.79 bits per heavy atom. The summed E-state index contributed by atoms with van der Waals surface area (Å²) in [5, 5.41) is 4.14. The van der Waals surface area contributed by atoms with Crippen LogP contribution in [0.3, 0.4) is 0 Å². The molecule has 0 atom stereocenters. The van der Waals surface area contributed by atoms with E-state index >= 15 is 0 Å². The summed E-state index contributed by atoms with van der Waals surface area (Å²) in [4.78, 5) is 24.9. The minimum atomic E-state index is 0.0246. The topological polar surface area (TPSA) is 58.1 Å². The Hall–Kier alpha value is -2.47. The smallest absolute Gasteiger partial charge is 0.241 e. The van der Waals surface area contributed by atoms with E-state index in [1.165, 1.54) is 4.88 Å². The van der Waals surface area contributed by atoms with Crippen molar-refractivity contribution in [3.05, 3.63) is 53.2 Å². The van der Waals surface area contributed by atoms with Crippen LogP contribution in [0.4, 0.5) is 5.82 Å². The number of carbonyl (C=O) groups is 1. The second-order valence-corrected chi connectivity index (χ2v) is 6.71. The minimum absolute atomic E-state index is 0.0246. The normalized spacial score (nSPS) is 10.8. The fourth-order valence-electron chi connectivity index (χ4n) is 2.46. The molecule has 5 nitrogen and oxygen atoms in total. The average molecular weight is 340 g/mol. The van der Waals surface area contributed by atoms with Gasteiger partial charge in [0.2, 0.25) is 5.91 Å². The van der Waals surface area contributed by atoms with Gasteiger partial charge in [0.05, 0.1) is 11.9 Å². The number of rotatable bonds is 6. The summed E-state index contributed by atoms with van der Waals surface area (Å²) < 4.78 is 0. The first-order chi connectivity index (χ1) is 11.7. The molecule has 0 aliphatic carbocycles. The Kier molecular flexibility index (Phi) is 5.05. The van der Waals surface area contributed by atoms with Crippen molar-refractivity contribution in [1.29, 1.82) is 0 Å². The lowest BCUT2D eigenvalue weighted by atomic mass is 10.2. The van der Waals surface area contributed by atoms with Gasteiger partial charge >= 0.3 is 0 Å². The molecule has 124 valence electrons. The van der Waals surface area contributed by atoms with Crippen molar-refractivity contribution < 1.29 is 4.79 Å². The van der Waals surface area contributed by atoms with Gasteiger partial charge in [0.1, 0.15) is 17.0 Å². The quantitative estimate of drug-likeness (QED) is 0.748. The van der Waals surface area contributed by atoms with E-state index in [4.69, 9.17) is 0 Å². The highest BCUT2D eigenvalue weighted by Gasteiger charge is 2.12. The first kappa shape index (κ1) is 16.4. The number of anilines is 1. The van der Waals surface area contributed by atoms with Crippen LogP contribution in [0.5, 0.6) is 0 Å². The zero-order valence-electron chi connectivity index (χ0n) is 13.8. The number of likely N-dealkylation sites (N-methyl/N-ethyl adjacent to an activating group) is 1. The molecule has 0 fully saturated rings. The van der Waals surface area contributed by atoms with Gasteiger partial charge in [0.15, 0.2) is 0 Å². The standard InChI is InChI=1S/C18H20N4OS/c1-3-14-9-15-17(20-12-21-18(15)24-14)19-10-16(23)22(2)11-13-7-5-4-6-8-13/h4-9,12H,3,10-11H2,1-2H3,(H,19,20,21). The molecule has 0 saturated heterocycles. The van der Waals surface area contributed by atoms with Gasteiger partial charge in [-0.05, 0) is 18.1 Å². The number of aromatic nitrogens is 2. The van der Waals surface area contributed by atoms with Gasteiger partial charge in [-0.15, -0.1) is 11.3 Å². The second kappa shape index (κ2) is 7.40. The van der Waals surface area contributed by atoms with Gasteiger partial charge in [0, 0.05) is 18.5 Å². The van der Waals surface area contributed by atoms with Gasteiger partial charge in [-0.3, -0.25) is 4.79 Å². The van der Waals surface area contributed by atoms with Crippen LogP contribution in [0.15, 0.2) is 42.7 Å². The van der Waals surface area contributed by atoms with E-state index in [-0.39, 0.29) is 12.5 Å². The number of carbonyl (C=O) groups excluding carboxylic acids is 1. The molecule has 0 unspecified atom stereocenters. The van der Waals surface area contributed by atoms with Crippen LogP contribution in [-0.2, 0) is 17.8 Å². The maximum atomic E-state index is 12.3. The van der Waals surface area contributed by atoms with E-state index in [0.717, 1.165) is 28.0 Å². The fraction of sp³-hybridized carbons (Fsp3) is 0.278. The maximum absolute atomic E-state index is 12.3. The Morgan fingerprint density at radius 2 is 2.04 bits per heavy atom. The van der Waals surface area contributed by atoms with Crippen LogP contribution in [0, 0.1) is 0 Å². The monoisotopic (exact) mass is 340 g/mol.